The molecule has 1 fully saturated rings. The van der Waals surface area contributed by atoms with Crippen LogP contribution in [0.15, 0.2) is 29.6 Å². The second kappa shape index (κ2) is 7.40. The molecule has 0 radical (unpaired) electrons. The summed E-state index contributed by atoms with van der Waals surface area (Å²) in [6.07, 6.45) is 0.170. The molecule has 7 heteroatoms. The van der Waals surface area contributed by atoms with Crippen molar-refractivity contribution in [1.82, 2.24) is 9.88 Å². The smallest absolute Gasteiger partial charge is 0.240 e. The van der Waals surface area contributed by atoms with Gasteiger partial charge in [-0.2, -0.15) is 0 Å². The third kappa shape index (κ3) is 4.29. The molecule has 1 aliphatic heterocycles. The minimum Gasteiger partial charge on any atom is -0.376 e. The van der Waals surface area contributed by atoms with Gasteiger partial charge in [0.25, 0.3) is 0 Å². The van der Waals surface area contributed by atoms with Gasteiger partial charge in [-0.1, -0.05) is 29.8 Å². The van der Waals surface area contributed by atoms with E-state index in [0.29, 0.717) is 23.3 Å². The molecule has 3 rings (SSSR count). The minimum atomic E-state index is -0.0563. The quantitative estimate of drug-likeness (QED) is 0.919. The van der Waals surface area contributed by atoms with Crippen molar-refractivity contribution in [2.45, 2.75) is 13.0 Å². The van der Waals surface area contributed by atoms with Gasteiger partial charge in [-0.15, -0.1) is 11.3 Å². The summed E-state index contributed by atoms with van der Waals surface area (Å²) in [5.41, 5.74) is 1.64. The highest BCUT2D eigenvalue weighted by atomic mass is 35.5. The molecule has 1 N–H and O–H groups in total. The molecule has 1 aromatic carbocycles. The van der Waals surface area contributed by atoms with Crippen LogP contribution in [0.5, 0.6) is 0 Å². The molecule has 1 atom stereocenters. The van der Waals surface area contributed by atoms with E-state index in [2.05, 4.69) is 15.2 Å². The Morgan fingerprint density at radius 2 is 2.35 bits per heavy atom. The highest BCUT2D eigenvalue weighted by Crippen LogP contribution is 2.30. The number of morpholine rings is 1. The zero-order valence-corrected chi connectivity index (χ0v) is 14.4. The van der Waals surface area contributed by atoms with Gasteiger partial charge in [0.1, 0.15) is 0 Å². The first-order chi connectivity index (χ1) is 11.1. The third-order valence-corrected chi connectivity index (χ3v) is 4.68. The van der Waals surface area contributed by atoms with E-state index in [1.807, 2.05) is 36.6 Å². The fourth-order valence-electron chi connectivity index (χ4n) is 2.52. The Bertz CT molecular complexity index is 691. The second-order valence-corrected chi connectivity index (χ2v) is 6.75. The molecule has 5 nitrogen and oxygen atoms in total. The lowest BCUT2D eigenvalue weighted by Crippen LogP contribution is -2.44. The number of benzene rings is 1. The molecule has 0 aliphatic carbocycles. The van der Waals surface area contributed by atoms with Crippen LogP contribution in [-0.4, -0.2) is 48.1 Å². The number of hydrogen-bond donors (Lipinski definition) is 1. The van der Waals surface area contributed by atoms with Crippen molar-refractivity contribution in [1.29, 1.82) is 0 Å². The Kier molecular flexibility index (Phi) is 5.27. The predicted molar refractivity (Wildman–Crippen MR) is 93.0 cm³/mol. The van der Waals surface area contributed by atoms with Gasteiger partial charge in [0, 0.05) is 29.1 Å². The Morgan fingerprint density at radius 1 is 1.52 bits per heavy atom. The van der Waals surface area contributed by atoms with Crippen molar-refractivity contribution >= 4 is 34.0 Å². The van der Waals surface area contributed by atoms with Crippen molar-refractivity contribution in [2.75, 3.05) is 31.6 Å². The molecule has 2 heterocycles. The van der Waals surface area contributed by atoms with Crippen LogP contribution in [0.1, 0.15) is 6.92 Å². The van der Waals surface area contributed by atoms with E-state index in [9.17, 15) is 4.79 Å². The van der Waals surface area contributed by atoms with Gasteiger partial charge in [-0.05, 0) is 13.0 Å². The number of thiazole rings is 1. The number of halogens is 1. The van der Waals surface area contributed by atoms with E-state index in [1.54, 1.807) is 0 Å². The summed E-state index contributed by atoms with van der Waals surface area (Å²) >= 11 is 7.57. The van der Waals surface area contributed by atoms with E-state index >= 15 is 0 Å². The molecular weight excluding hydrogens is 334 g/mol. The average Bonchev–Trinajstić information content (AvgIpc) is 2.95. The van der Waals surface area contributed by atoms with Crippen molar-refractivity contribution in [3.8, 4) is 11.3 Å². The number of carbonyl (C=O) groups excluding carboxylic acids is 1. The van der Waals surface area contributed by atoms with E-state index in [-0.39, 0.29) is 12.0 Å². The van der Waals surface area contributed by atoms with Crippen LogP contribution in [0.4, 0.5) is 5.13 Å². The van der Waals surface area contributed by atoms with Crippen molar-refractivity contribution in [2.24, 2.45) is 0 Å². The van der Waals surface area contributed by atoms with Crippen LogP contribution < -0.4 is 5.32 Å². The monoisotopic (exact) mass is 351 g/mol. The number of aromatic nitrogens is 1. The fourth-order valence-corrected chi connectivity index (χ4v) is 3.48. The zero-order chi connectivity index (χ0) is 16.2. The van der Waals surface area contributed by atoms with Crippen LogP contribution >= 0.6 is 22.9 Å². The molecular formula is C16H18ClN3O2S. The van der Waals surface area contributed by atoms with Gasteiger partial charge >= 0.3 is 0 Å². The van der Waals surface area contributed by atoms with E-state index in [1.165, 1.54) is 11.3 Å². The number of hydrogen-bond acceptors (Lipinski definition) is 5. The maximum absolute atomic E-state index is 12.1. The largest absolute Gasteiger partial charge is 0.376 e. The zero-order valence-electron chi connectivity index (χ0n) is 12.8. The van der Waals surface area contributed by atoms with Crippen LogP contribution in [0.25, 0.3) is 11.3 Å². The lowest BCUT2D eigenvalue weighted by Gasteiger charge is -2.30. The molecule has 23 heavy (non-hydrogen) atoms. The Hall–Kier alpha value is -1.47. The van der Waals surface area contributed by atoms with Crippen molar-refractivity contribution in [3.05, 3.63) is 34.7 Å². The summed E-state index contributed by atoms with van der Waals surface area (Å²) in [7, 11) is 0. The topological polar surface area (TPSA) is 54.5 Å². The number of nitrogens with zero attached hydrogens (tertiary/aromatic N) is 2. The van der Waals surface area contributed by atoms with Gasteiger partial charge in [-0.3, -0.25) is 9.69 Å². The van der Waals surface area contributed by atoms with Gasteiger partial charge in [0.2, 0.25) is 5.91 Å². The summed E-state index contributed by atoms with van der Waals surface area (Å²) in [6, 6.07) is 7.54. The molecule has 1 aliphatic rings. The lowest BCUT2D eigenvalue weighted by molar-refractivity contribution is -0.119. The standard InChI is InChI=1S/C16H18ClN3O2S/c1-11-8-20(6-7-22-11)9-15(21)19-16-18-14(10-23-16)12-4-2-3-5-13(12)17/h2-5,10-11H,6-9H2,1H3,(H,18,19,21)/t11-/m1/s1. The number of carbonyl (C=O) groups is 1. The molecule has 2 aromatic rings. The minimum absolute atomic E-state index is 0.0563. The number of amides is 1. The lowest BCUT2D eigenvalue weighted by atomic mass is 10.2. The van der Waals surface area contributed by atoms with Gasteiger partial charge in [0.15, 0.2) is 5.13 Å². The van der Waals surface area contributed by atoms with E-state index in [0.717, 1.165) is 24.3 Å². The number of nitrogens with one attached hydrogen (secondary N) is 1. The van der Waals surface area contributed by atoms with Crippen molar-refractivity contribution < 1.29 is 9.53 Å². The third-order valence-electron chi connectivity index (χ3n) is 3.59. The SMILES string of the molecule is C[C@@H]1CN(CC(=O)Nc2nc(-c3ccccc3Cl)cs2)CCO1. The van der Waals surface area contributed by atoms with Crippen LogP contribution in [-0.2, 0) is 9.53 Å². The molecule has 1 aromatic heterocycles. The fraction of sp³-hybridized carbons (Fsp3) is 0.375. The first kappa shape index (κ1) is 16.4. The first-order valence-corrected chi connectivity index (χ1v) is 8.72. The Morgan fingerprint density at radius 3 is 3.13 bits per heavy atom. The van der Waals surface area contributed by atoms with Gasteiger partial charge in [0.05, 0.1) is 24.9 Å². The predicted octanol–water partition coefficient (Wildman–Crippen LogP) is 3.12. The number of rotatable bonds is 4. The summed E-state index contributed by atoms with van der Waals surface area (Å²) in [4.78, 5) is 18.7. The Labute approximate surface area is 144 Å². The number of ether oxygens (including phenoxy) is 1. The highest BCUT2D eigenvalue weighted by Gasteiger charge is 2.19. The van der Waals surface area contributed by atoms with E-state index in [4.69, 9.17) is 16.3 Å². The van der Waals surface area contributed by atoms with Crippen LogP contribution in [0.3, 0.4) is 0 Å². The van der Waals surface area contributed by atoms with Crippen LogP contribution in [0.2, 0.25) is 5.02 Å². The first-order valence-electron chi connectivity index (χ1n) is 7.46. The molecule has 122 valence electrons. The normalized spacial score (nSPS) is 18.8. The molecule has 0 unspecified atom stereocenters. The Balaban J connectivity index is 1.60. The summed E-state index contributed by atoms with van der Waals surface area (Å²) in [5.74, 6) is -0.0563. The van der Waals surface area contributed by atoms with E-state index < -0.39 is 0 Å². The summed E-state index contributed by atoms with van der Waals surface area (Å²) < 4.78 is 5.48. The molecule has 0 spiro atoms. The molecule has 0 saturated carbocycles. The summed E-state index contributed by atoms with van der Waals surface area (Å²) in [5, 5.41) is 5.99. The van der Waals surface area contributed by atoms with Gasteiger partial charge in [-0.25, -0.2) is 4.98 Å². The highest BCUT2D eigenvalue weighted by molar-refractivity contribution is 7.14. The molecule has 1 saturated heterocycles. The van der Waals surface area contributed by atoms with Crippen LogP contribution in [0, 0.1) is 0 Å². The van der Waals surface area contributed by atoms with Gasteiger partial charge < -0.3 is 10.1 Å². The maximum Gasteiger partial charge on any atom is 0.240 e. The summed E-state index contributed by atoms with van der Waals surface area (Å²) in [6.45, 7) is 4.59. The molecule has 0 bridgehead atoms. The average molecular weight is 352 g/mol. The maximum atomic E-state index is 12.1. The van der Waals surface area contributed by atoms with Crippen molar-refractivity contribution in [3.63, 3.8) is 0 Å². The second-order valence-electron chi connectivity index (χ2n) is 5.48. The molecule has 1 amide bonds. The number of anilines is 1.